The van der Waals surface area contributed by atoms with Gasteiger partial charge in [-0.25, -0.2) is 0 Å². The molecule has 0 spiro atoms. The van der Waals surface area contributed by atoms with E-state index in [-0.39, 0.29) is 5.91 Å². The number of hydrogen-bond acceptors (Lipinski definition) is 2. The third kappa shape index (κ3) is 4.43. The van der Waals surface area contributed by atoms with Crippen molar-refractivity contribution in [3.05, 3.63) is 0 Å². The molecule has 1 aliphatic heterocycles. The second-order valence-electron chi connectivity index (χ2n) is 4.53. The Morgan fingerprint density at radius 1 is 1.38 bits per heavy atom. The Bertz CT molecular complexity index is 189. The van der Waals surface area contributed by atoms with E-state index in [1.165, 1.54) is 0 Å². The van der Waals surface area contributed by atoms with Gasteiger partial charge in [0.25, 0.3) is 0 Å². The normalized spacial score (nSPS) is 25.2. The first-order valence-corrected chi connectivity index (χ1v) is 8.33. The Morgan fingerprint density at radius 3 is 2.69 bits per heavy atom. The highest BCUT2D eigenvalue weighted by atomic mass is 28.4. The number of rotatable bonds is 2. The number of hydrogen-bond donors (Lipinski definition) is 1. The van der Waals surface area contributed by atoms with Crippen LogP contribution < -0.4 is 5.32 Å². The Balaban J connectivity index is 2.38. The van der Waals surface area contributed by atoms with E-state index in [2.05, 4.69) is 25.0 Å². The van der Waals surface area contributed by atoms with Gasteiger partial charge in [0, 0.05) is 19.1 Å². The summed E-state index contributed by atoms with van der Waals surface area (Å²) in [5, 5.41) is 2.86. The fourth-order valence-corrected chi connectivity index (χ4v) is 2.75. The van der Waals surface area contributed by atoms with Crippen LogP contribution in [0.2, 0.25) is 19.6 Å². The molecule has 0 aromatic rings. The van der Waals surface area contributed by atoms with Gasteiger partial charge in [-0.15, -0.1) is 0 Å². The average Bonchev–Trinajstić information content (AvgIpc) is 2.12. The van der Waals surface area contributed by atoms with E-state index >= 15 is 0 Å². The van der Waals surface area contributed by atoms with Crippen LogP contribution in [0, 0.1) is 0 Å². The van der Waals surface area contributed by atoms with Crippen LogP contribution in [0.15, 0.2) is 0 Å². The summed E-state index contributed by atoms with van der Waals surface area (Å²) in [5.74, 6) is 0.168. The number of amides is 1. The first kappa shape index (κ1) is 10.7. The second kappa shape index (κ2) is 4.24. The molecule has 1 aliphatic rings. The molecule has 0 radical (unpaired) electrons. The van der Waals surface area contributed by atoms with Gasteiger partial charge >= 0.3 is 0 Å². The lowest BCUT2D eigenvalue weighted by atomic mass is 10.2. The molecular weight excluding hydrogens is 182 g/mol. The van der Waals surface area contributed by atoms with Crippen molar-refractivity contribution in [1.82, 2.24) is 5.32 Å². The van der Waals surface area contributed by atoms with Gasteiger partial charge in [0.15, 0.2) is 8.32 Å². The maximum absolute atomic E-state index is 11.0. The van der Waals surface area contributed by atoms with Crippen molar-refractivity contribution in [2.45, 2.75) is 45.0 Å². The van der Waals surface area contributed by atoms with Crippen molar-refractivity contribution in [3.63, 3.8) is 0 Å². The molecule has 0 unspecified atom stereocenters. The minimum atomic E-state index is -1.43. The summed E-state index contributed by atoms with van der Waals surface area (Å²) in [4.78, 5) is 11.0. The molecule has 1 saturated heterocycles. The predicted molar refractivity (Wildman–Crippen MR) is 55.1 cm³/mol. The van der Waals surface area contributed by atoms with Gasteiger partial charge in [-0.2, -0.15) is 0 Å². The number of carbonyl (C=O) groups excluding carboxylic acids is 1. The molecule has 1 N–H and O–H groups in total. The molecule has 0 bridgehead atoms. The van der Waals surface area contributed by atoms with Crippen molar-refractivity contribution < 1.29 is 9.22 Å². The van der Waals surface area contributed by atoms with Gasteiger partial charge in [0.2, 0.25) is 5.91 Å². The molecule has 13 heavy (non-hydrogen) atoms. The van der Waals surface area contributed by atoms with Gasteiger partial charge in [0.1, 0.15) is 0 Å². The van der Waals surface area contributed by atoms with Crippen molar-refractivity contribution in [3.8, 4) is 0 Å². The van der Waals surface area contributed by atoms with Crippen LogP contribution in [0.5, 0.6) is 0 Å². The van der Waals surface area contributed by atoms with Crippen molar-refractivity contribution in [2.24, 2.45) is 0 Å². The number of nitrogens with one attached hydrogen (secondary N) is 1. The van der Waals surface area contributed by atoms with Gasteiger partial charge in [-0.3, -0.25) is 4.79 Å². The molecule has 1 rings (SSSR count). The highest BCUT2D eigenvalue weighted by Gasteiger charge is 2.23. The lowest BCUT2D eigenvalue weighted by Crippen LogP contribution is -2.32. The third-order valence-corrected chi connectivity index (χ3v) is 3.04. The van der Waals surface area contributed by atoms with Crippen LogP contribution in [-0.2, 0) is 9.22 Å². The first-order chi connectivity index (χ1) is 5.97. The van der Waals surface area contributed by atoms with Gasteiger partial charge < -0.3 is 9.74 Å². The minimum Gasteiger partial charge on any atom is -0.415 e. The summed E-state index contributed by atoms with van der Waals surface area (Å²) in [6, 6.07) is 0. The van der Waals surface area contributed by atoms with Gasteiger partial charge in [-0.05, 0) is 32.5 Å². The predicted octanol–water partition coefficient (Wildman–Crippen LogP) is 1.51. The van der Waals surface area contributed by atoms with Crippen LogP contribution in [0.25, 0.3) is 0 Å². The Labute approximate surface area is 81.0 Å². The molecule has 0 aromatic carbocycles. The highest BCUT2D eigenvalue weighted by Crippen LogP contribution is 2.15. The molecule has 0 saturated carbocycles. The second-order valence-corrected chi connectivity index (χ2v) is 8.99. The van der Waals surface area contributed by atoms with Gasteiger partial charge in [-0.1, -0.05) is 0 Å². The summed E-state index contributed by atoms with van der Waals surface area (Å²) in [5.41, 5.74) is 0. The average molecular weight is 201 g/mol. The van der Waals surface area contributed by atoms with Gasteiger partial charge in [0.05, 0.1) is 0 Å². The van der Waals surface area contributed by atoms with Crippen LogP contribution in [0.3, 0.4) is 0 Å². The summed E-state index contributed by atoms with van der Waals surface area (Å²) in [7, 11) is -1.43. The topological polar surface area (TPSA) is 38.3 Å². The Kier molecular flexibility index (Phi) is 3.50. The molecule has 0 aliphatic carbocycles. The minimum absolute atomic E-state index is 0.168. The smallest absolute Gasteiger partial charge is 0.220 e. The lowest BCUT2D eigenvalue weighted by Gasteiger charge is -2.24. The standard InChI is InChI=1S/C9H19NO2Si/c1-13(2,3)12-8-4-5-9(11)10-7-6-8/h8H,4-7H2,1-3H3,(H,10,11)/t8-/m1/s1. The van der Waals surface area contributed by atoms with Crippen molar-refractivity contribution >= 4 is 14.2 Å². The van der Waals surface area contributed by atoms with E-state index in [1.54, 1.807) is 0 Å². The summed E-state index contributed by atoms with van der Waals surface area (Å²) in [6.45, 7) is 7.33. The van der Waals surface area contributed by atoms with E-state index in [4.69, 9.17) is 4.43 Å². The van der Waals surface area contributed by atoms with E-state index in [0.29, 0.717) is 12.5 Å². The third-order valence-electron chi connectivity index (χ3n) is 2.00. The quantitative estimate of drug-likeness (QED) is 0.688. The fourth-order valence-electron chi connectivity index (χ4n) is 1.52. The molecule has 4 heteroatoms. The first-order valence-electron chi connectivity index (χ1n) is 4.92. The van der Waals surface area contributed by atoms with E-state index in [9.17, 15) is 4.79 Å². The fraction of sp³-hybridized carbons (Fsp3) is 0.889. The monoisotopic (exact) mass is 201 g/mol. The van der Waals surface area contributed by atoms with E-state index in [1.807, 2.05) is 0 Å². The SMILES string of the molecule is C[Si](C)(C)O[C@H]1CCNC(=O)CC1. The molecule has 1 heterocycles. The maximum Gasteiger partial charge on any atom is 0.220 e. The zero-order chi connectivity index (χ0) is 9.90. The van der Waals surface area contributed by atoms with E-state index in [0.717, 1.165) is 19.4 Å². The van der Waals surface area contributed by atoms with Crippen LogP contribution in [0.1, 0.15) is 19.3 Å². The largest absolute Gasteiger partial charge is 0.415 e. The number of carbonyl (C=O) groups is 1. The zero-order valence-electron chi connectivity index (χ0n) is 8.72. The molecule has 0 aromatic heterocycles. The molecule has 1 fully saturated rings. The molecule has 1 atom stereocenters. The zero-order valence-corrected chi connectivity index (χ0v) is 9.72. The van der Waals surface area contributed by atoms with E-state index < -0.39 is 8.32 Å². The van der Waals surface area contributed by atoms with Crippen LogP contribution >= 0.6 is 0 Å². The van der Waals surface area contributed by atoms with Crippen LogP contribution in [0.4, 0.5) is 0 Å². The summed E-state index contributed by atoms with van der Waals surface area (Å²) in [6.07, 6.45) is 2.77. The highest BCUT2D eigenvalue weighted by molar-refractivity contribution is 6.69. The van der Waals surface area contributed by atoms with Crippen LogP contribution in [-0.4, -0.2) is 26.9 Å². The Morgan fingerprint density at radius 2 is 2.08 bits per heavy atom. The molecular formula is C9H19NO2Si. The summed E-state index contributed by atoms with van der Waals surface area (Å²) < 4.78 is 5.95. The molecule has 76 valence electrons. The molecule has 1 amide bonds. The Hall–Kier alpha value is -0.353. The maximum atomic E-state index is 11.0. The van der Waals surface area contributed by atoms with Crippen molar-refractivity contribution in [2.75, 3.05) is 6.54 Å². The van der Waals surface area contributed by atoms with Crippen molar-refractivity contribution in [1.29, 1.82) is 0 Å². The lowest BCUT2D eigenvalue weighted by molar-refractivity contribution is -0.120. The molecule has 3 nitrogen and oxygen atoms in total. The summed E-state index contributed by atoms with van der Waals surface area (Å²) >= 11 is 0.